The molecule has 0 saturated carbocycles. The minimum atomic E-state index is -0.555. The molecule has 0 aromatic rings. The van der Waals surface area contributed by atoms with Crippen molar-refractivity contribution in [1.29, 1.82) is 0 Å². The van der Waals surface area contributed by atoms with E-state index in [1.54, 1.807) is 0 Å². The molecule has 0 spiro atoms. The monoisotopic (exact) mass is 216 g/mol. The van der Waals surface area contributed by atoms with Gasteiger partial charge >= 0.3 is 5.97 Å². The number of esters is 1. The maximum atomic E-state index is 11.1. The highest BCUT2D eigenvalue weighted by atomic mass is 16.5. The van der Waals surface area contributed by atoms with Crippen LogP contribution < -0.4 is 5.73 Å². The fourth-order valence-electron chi connectivity index (χ4n) is 1.75. The Hall–Kier alpha value is -0.650. The number of carbonyl (C=O) groups excluding carboxylic acids is 1. The highest BCUT2D eigenvalue weighted by Crippen LogP contribution is 2.05. The second kappa shape index (κ2) is 6.05. The number of hydrogen-bond donors (Lipinski definition) is 1. The van der Waals surface area contributed by atoms with Gasteiger partial charge < -0.3 is 15.2 Å². The van der Waals surface area contributed by atoms with Gasteiger partial charge in [-0.2, -0.15) is 0 Å². The molecule has 0 bridgehead atoms. The maximum absolute atomic E-state index is 11.1. The Bertz CT molecular complexity index is 211. The zero-order chi connectivity index (χ0) is 11.3. The lowest BCUT2D eigenvalue weighted by Gasteiger charge is -2.23. The first-order valence-corrected chi connectivity index (χ1v) is 5.31. The molecule has 5 heteroatoms. The fraction of sp³-hybridized carbons (Fsp3) is 0.900. The highest BCUT2D eigenvalue weighted by Gasteiger charge is 2.21. The molecular weight excluding hydrogens is 196 g/mol. The van der Waals surface area contributed by atoms with Gasteiger partial charge in [0.15, 0.2) is 0 Å². The van der Waals surface area contributed by atoms with Crippen molar-refractivity contribution in [2.45, 2.75) is 25.5 Å². The summed E-state index contributed by atoms with van der Waals surface area (Å²) in [5.41, 5.74) is 5.70. The molecule has 5 nitrogen and oxygen atoms in total. The maximum Gasteiger partial charge on any atom is 0.323 e. The van der Waals surface area contributed by atoms with E-state index in [-0.39, 0.29) is 12.1 Å². The van der Waals surface area contributed by atoms with Crippen molar-refractivity contribution in [3.05, 3.63) is 0 Å². The van der Waals surface area contributed by atoms with Crippen LogP contribution in [0.15, 0.2) is 0 Å². The number of methoxy groups -OCH3 is 1. The predicted octanol–water partition coefficient (Wildman–Crippen LogP) is -0.402. The van der Waals surface area contributed by atoms with Crippen molar-refractivity contribution >= 4 is 5.97 Å². The Morgan fingerprint density at radius 1 is 1.73 bits per heavy atom. The molecule has 2 N–H and O–H groups in total. The molecule has 0 aromatic carbocycles. The summed E-state index contributed by atoms with van der Waals surface area (Å²) in [6.07, 6.45) is 1.19. The van der Waals surface area contributed by atoms with E-state index < -0.39 is 6.04 Å². The van der Waals surface area contributed by atoms with Crippen LogP contribution >= 0.6 is 0 Å². The molecule has 1 saturated heterocycles. The summed E-state index contributed by atoms with van der Waals surface area (Å²) in [6, 6.07) is -0.555. The lowest BCUT2D eigenvalue weighted by Crippen LogP contribution is -2.45. The average molecular weight is 216 g/mol. The van der Waals surface area contributed by atoms with Crippen molar-refractivity contribution < 1.29 is 14.3 Å². The normalized spacial score (nSPS) is 25.7. The highest BCUT2D eigenvalue weighted by molar-refractivity contribution is 5.75. The van der Waals surface area contributed by atoms with Gasteiger partial charge in [-0.15, -0.1) is 0 Å². The van der Waals surface area contributed by atoms with E-state index in [2.05, 4.69) is 9.64 Å². The number of rotatable bonds is 3. The number of hydrogen-bond acceptors (Lipinski definition) is 5. The summed E-state index contributed by atoms with van der Waals surface area (Å²) in [5, 5.41) is 0. The van der Waals surface area contributed by atoms with Crippen LogP contribution in [0.1, 0.15) is 13.3 Å². The van der Waals surface area contributed by atoms with Gasteiger partial charge in [-0.1, -0.05) is 0 Å². The van der Waals surface area contributed by atoms with Gasteiger partial charge in [0.1, 0.15) is 6.04 Å². The Labute approximate surface area is 90.5 Å². The van der Waals surface area contributed by atoms with Gasteiger partial charge in [-0.25, -0.2) is 0 Å². The number of ether oxygens (including phenoxy) is 2. The molecule has 0 radical (unpaired) electrons. The van der Waals surface area contributed by atoms with Gasteiger partial charge in [0.25, 0.3) is 0 Å². The average Bonchev–Trinajstić information content (AvgIpc) is 2.41. The van der Waals surface area contributed by atoms with E-state index in [0.29, 0.717) is 6.54 Å². The molecule has 1 heterocycles. The lowest BCUT2D eigenvalue weighted by atomic mass is 10.2. The Balaban J connectivity index is 2.38. The van der Waals surface area contributed by atoms with Crippen LogP contribution in [0.3, 0.4) is 0 Å². The van der Waals surface area contributed by atoms with Gasteiger partial charge in [0.2, 0.25) is 0 Å². The molecule has 2 unspecified atom stereocenters. The van der Waals surface area contributed by atoms with Crippen LogP contribution in [0.4, 0.5) is 0 Å². The summed E-state index contributed by atoms with van der Waals surface area (Å²) in [6.45, 7) is 5.10. The Kier molecular flexibility index (Phi) is 5.01. The van der Waals surface area contributed by atoms with E-state index in [1.807, 2.05) is 6.92 Å². The number of nitrogens with two attached hydrogens (primary N) is 1. The van der Waals surface area contributed by atoms with Crippen molar-refractivity contribution in [3.63, 3.8) is 0 Å². The molecule has 1 rings (SSSR count). The van der Waals surface area contributed by atoms with Crippen LogP contribution in [0.25, 0.3) is 0 Å². The molecule has 1 aliphatic heterocycles. The largest absolute Gasteiger partial charge is 0.468 e. The van der Waals surface area contributed by atoms with Gasteiger partial charge in [-0.3, -0.25) is 9.69 Å². The fourth-order valence-corrected chi connectivity index (χ4v) is 1.75. The third kappa shape index (κ3) is 4.15. The van der Waals surface area contributed by atoms with Crippen LogP contribution in [0, 0.1) is 0 Å². The summed E-state index contributed by atoms with van der Waals surface area (Å²) in [5.74, 6) is -0.354. The topological polar surface area (TPSA) is 64.8 Å². The molecule has 0 amide bonds. The summed E-state index contributed by atoms with van der Waals surface area (Å²) < 4.78 is 10.1. The van der Waals surface area contributed by atoms with Crippen molar-refractivity contribution in [2.75, 3.05) is 33.4 Å². The molecule has 15 heavy (non-hydrogen) atoms. The molecule has 1 aliphatic rings. The molecule has 88 valence electrons. The number of nitrogens with zero attached hydrogens (tertiary/aromatic N) is 1. The van der Waals surface area contributed by atoms with Crippen LogP contribution in [-0.2, 0) is 14.3 Å². The number of carbonyl (C=O) groups is 1. The third-order valence-corrected chi connectivity index (χ3v) is 2.50. The summed E-state index contributed by atoms with van der Waals surface area (Å²) >= 11 is 0. The molecule has 2 atom stereocenters. The molecule has 0 aromatic heterocycles. The first-order chi connectivity index (χ1) is 7.13. The molecule has 1 fully saturated rings. The van der Waals surface area contributed by atoms with Crippen molar-refractivity contribution in [1.82, 2.24) is 4.90 Å². The van der Waals surface area contributed by atoms with E-state index in [4.69, 9.17) is 10.5 Å². The minimum absolute atomic E-state index is 0.206. The molecule has 0 aliphatic carbocycles. The van der Waals surface area contributed by atoms with E-state index in [0.717, 1.165) is 26.1 Å². The Morgan fingerprint density at radius 3 is 3.13 bits per heavy atom. The summed E-state index contributed by atoms with van der Waals surface area (Å²) in [4.78, 5) is 13.3. The Morgan fingerprint density at radius 2 is 2.47 bits per heavy atom. The second-order valence-electron chi connectivity index (χ2n) is 3.92. The van der Waals surface area contributed by atoms with Crippen molar-refractivity contribution in [2.24, 2.45) is 5.73 Å². The van der Waals surface area contributed by atoms with Crippen LogP contribution in [0.2, 0.25) is 0 Å². The summed E-state index contributed by atoms with van der Waals surface area (Å²) in [7, 11) is 1.36. The van der Waals surface area contributed by atoms with Gasteiger partial charge in [0, 0.05) is 26.2 Å². The first kappa shape index (κ1) is 12.4. The minimum Gasteiger partial charge on any atom is -0.468 e. The third-order valence-electron chi connectivity index (χ3n) is 2.50. The van der Waals surface area contributed by atoms with E-state index in [1.165, 1.54) is 7.11 Å². The predicted molar refractivity (Wildman–Crippen MR) is 56.5 cm³/mol. The van der Waals surface area contributed by atoms with Crippen molar-refractivity contribution in [3.8, 4) is 0 Å². The van der Waals surface area contributed by atoms with Crippen LogP contribution in [0.5, 0.6) is 0 Å². The standard InChI is InChI=1S/C10H20N2O3/c1-8-6-12(4-3-5-15-8)7-9(11)10(13)14-2/h8-9H,3-7,11H2,1-2H3. The SMILES string of the molecule is COC(=O)C(N)CN1CCCOC(C)C1. The lowest BCUT2D eigenvalue weighted by molar-refractivity contribution is -0.142. The van der Waals surface area contributed by atoms with Gasteiger partial charge in [0.05, 0.1) is 13.2 Å². The van der Waals surface area contributed by atoms with E-state index in [9.17, 15) is 4.79 Å². The first-order valence-electron chi connectivity index (χ1n) is 5.31. The smallest absolute Gasteiger partial charge is 0.323 e. The van der Waals surface area contributed by atoms with Crippen LogP contribution in [-0.4, -0.2) is 56.4 Å². The van der Waals surface area contributed by atoms with Gasteiger partial charge in [-0.05, 0) is 13.3 Å². The quantitative estimate of drug-likeness (QED) is 0.650. The zero-order valence-electron chi connectivity index (χ0n) is 9.44. The second-order valence-corrected chi connectivity index (χ2v) is 3.92. The zero-order valence-corrected chi connectivity index (χ0v) is 9.44. The van der Waals surface area contributed by atoms with E-state index >= 15 is 0 Å². The molecular formula is C10H20N2O3.